The Morgan fingerprint density at radius 1 is 1.44 bits per heavy atom. The zero-order valence-electron chi connectivity index (χ0n) is 10.5. The third-order valence-corrected chi connectivity index (χ3v) is 3.78. The van der Waals surface area contributed by atoms with E-state index in [0.717, 1.165) is 0 Å². The second kappa shape index (κ2) is 5.63. The van der Waals surface area contributed by atoms with Crippen LogP contribution in [0.25, 0.3) is 0 Å². The molecule has 0 saturated heterocycles. The fraction of sp³-hybridized carbons (Fsp3) is 0.900. The monoisotopic (exact) mass is 249 g/mol. The zero-order valence-corrected chi connectivity index (χ0v) is 11.3. The van der Waals surface area contributed by atoms with Crippen molar-refractivity contribution in [2.45, 2.75) is 34.1 Å². The first-order chi connectivity index (χ1) is 7.07. The molecular formula is C10H23N3O2S. The second-order valence-corrected chi connectivity index (χ2v) is 7.05. The summed E-state index contributed by atoms with van der Waals surface area (Å²) in [6, 6.07) is 0. The van der Waals surface area contributed by atoms with Gasteiger partial charge in [-0.15, -0.1) is 0 Å². The molecule has 0 aromatic carbocycles. The van der Waals surface area contributed by atoms with E-state index in [1.807, 2.05) is 13.8 Å². The van der Waals surface area contributed by atoms with E-state index >= 15 is 0 Å². The summed E-state index contributed by atoms with van der Waals surface area (Å²) in [5, 5.41) is 7.32. The predicted octanol–water partition coefficient (Wildman–Crippen LogP) is 0.914. The van der Waals surface area contributed by atoms with Crippen molar-refractivity contribution in [2.24, 2.45) is 17.1 Å². The molecule has 0 heterocycles. The quantitative estimate of drug-likeness (QED) is 0.462. The molecule has 6 heteroatoms. The average molecular weight is 249 g/mol. The molecule has 0 saturated carbocycles. The van der Waals surface area contributed by atoms with Crippen LogP contribution in [0.3, 0.4) is 0 Å². The molecule has 0 atom stereocenters. The highest BCUT2D eigenvalue weighted by Crippen LogP contribution is 2.13. The van der Waals surface area contributed by atoms with E-state index in [1.165, 1.54) is 0 Å². The Morgan fingerprint density at radius 3 is 2.31 bits per heavy atom. The predicted molar refractivity (Wildman–Crippen MR) is 66.9 cm³/mol. The molecule has 0 amide bonds. The number of hydrogen-bond donors (Lipinski definition) is 3. The first kappa shape index (κ1) is 15.4. The summed E-state index contributed by atoms with van der Waals surface area (Å²) in [4.78, 5) is 0. The number of nitrogens with one attached hydrogen (secondary N) is 2. The summed E-state index contributed by atoms with van der Waals surface area (Å²) in [6.07, 6.45) is 0.635. The number of amidine groups is 1. The smallest absolute Gasteiger partial charge is 0.211 e. The zero-order chi connectivity index (χ0) is 13.0. The molecule has 5 nitrogen and oxygen atoms in total. The molecular weight excluding hydrogens is 226 g/mol. The van der Waals surface area contributed by atoms with Crippen molar-refractivity contribution in [1.82, 2.24) is 4.72 Å². The van der Waals surface area contributed by atoms with E-state index in [1.54, 1.807) is 13.8 Å². The molecule has 0 unspecified atom stereocenters. The minimum atomic E-state index is -3.25. The van der Waals surface area contributed by atoms with Crippen LogP contribution in [0.4, 0.5) is 0 Å². The lowest BCUT2D eigenvalue weighted by Gasteiger charge is -2.23. The lowest BCUT2D eigenvalue weighted by atomic mass is 9.93. The topological polar surface area (TPSA) is 96.0 Å². The molecule has 0 rings (SSSR count). The van der Waals surface area contributed by atoms with Crippen LogP contribution >= 0.6 is 0 Å². The lowest BCUT2D eigenvalue weighted by molar-refractivity contribution is 0.490. The van der Waals surface area contributed by atoms with Gasteiger partial charge in [-0.05, 0) is 12.3 Å². The van der Waals surface area contributed by atoms with Gasteiger partial charge in [0.1, 0.15) is 0 Å². The summed E-state index contributed by atoms with van der Waals surface area (Å²) in [7, 11) is -3.25. The highest BCUT2D eigenvalue weighted by atomic mass is 32.2. The van der Waals surface area contributed by atoms with E-state index in [9.17, 15) is 8.42 Å². The summed E-state index contributed by atoms with van der Waals surface area (Å²) in [5.74, 6) is 0.468. The highest BCUT2D eigenvalue weighted by Gasteiger charge is 2.24. The third kappa shape index (κ3) is 6.07. The van der Waals surface area contributed by atoms with E-state index in [-0.39, 0.29) is 18.1 Å². The Labute approximate surface area is 98.4 Å². The van der Waals surface area contributed by atoms with Gasteiger partial charge < -0.3 is 5.73 Å². The van der Waals surface area contributed by atoms with Crippen molar-refractivity contribution in [3.63, 3.8) is 0 Å². The van der Waals surface area contributed by atoms with Gasteiger partial charge >= 0.3 is 0 Å². The molecule has 0 aromatic heterocycles. The van der Waals surface area contributed by atoms with Crippen molar-refractivity contribution in [1.29, 1.82) is 5.41 Å². The Balaban J connectivity index is 4.25. The molecule has 16 heavy (non-hydrogen) atoms. The van der Waals surface area contributed by atoms with Crippen molar-refractivity contribution in [2.75, 3.05) is 12.3 Å². The van der Waals surface area contributed by atoms with Gasteiger partial charge in [0.15, 0.2) is 0 Å². The molecule has 0 radical (unpaired) electrons. The van der Waals surface area contributed by atoms with E-state index in [0.29, 0.717) is 12.3 Å². The number of hydrogen-bond acceptors (Lipinski definition) is 3. The third-order valence-electron chi connectivity index (χ3n) is 2.43. The SMILES string of the molecule is CC(C)CCS(=O)(=O)NCC(C)(C)C(=N)N. The van der Waals surface area contributed by atoms with Crippen molar-refractivity contribution in [3.8, 4) is 0 Å². The molecule has 96 valence electrons. The first-order valence-electron chi connectivity index (χ1n) is 5.38. The standard InChI is InChI=1S/C10H23N3O2S/c1-8(2)5-6-16(14,15)13-7-10(3,4)9(11)12/h8,13H,5-7H2,1-4H3,(H3,11,12). The Morgan fingerprint density at radius 2 is 1.94 bits per heavy atom. The molecule has 4 N–H and O–H groups in total. The van der Waals surface area contributed by atoms with E-state index in [2.05, 4.69) is 4.72 Å². The maximum Gasteiger partial charge on any atom is 0.211 e. The summed E-state index contributed by atoms with van der Waals surface area (Å²) >= 11 is 0. The van der Waals surface area contributed by atoms with Gasteiger partial charge in [-0.25, -0.2) is 13.1 Å². The van der Waals surface area contributed by atoms with Gasteiger partial charge in [0.25, 0.3) is 0 Å². The van der Waals surface area contributed by atoms with Gasteiger partial charge in [0.05, 0.1) is 11.6 Å². The average Bonchev–Trinajstić information content (AvgIpc) is 2.12. The summed E-state index contributed by atoms with van der Waals surface area (Å²) in [5.41, 5.74) is 4.74. The fourth-order valence-corrected chi connectivity index (χ4v) is 2.36. The van der Waals surface area contributed by atoms with Gasteiger partial charge in [0, 0.05) is 12.0 Å². The first-order valence-corrected chi connectivity index (χ1v) is 7.04. The maximum atomic E-state index is 11.6. The largest absolute Gasteiger partial charge is 0.387 e. The minimum Gasteiger partial charge on any atom is -0.387 e. The van der Waals surface area contributed by atoms with Gasteiger partial charge in [-0.1, -0.05) is 27.7 Å². The maximum absolute atomic E-state index is 11.6. The minimum absolute atomic E-state index is 0.0148. The number of nitrogens with two attached hydrogens (primary N) is 1. The molecule has 0 aliphatic rings. The van der Waals surface area contributed by atoms with E-state index < -0.39 is 15.4 Å². The molecule has 0 fully saturated rings. The molecule has 0 aliphatic heterocycles. The van der Waals surface area contributed by atoms with Gasteiger partial charge in [-0.3, -0.25) is 5.41 Å². The highest BCUT2D eigenvalue weighted by molar-refractivity contribution is 7.89. The molecule has 0 spiro atoms. The van der Waals surface area contributed by atoms with Crippen LogP contribution in [0, 0.1) is 16.7 Å². The van der Waals surface area contributed by atoms with Crippen molar-refractivity contribution < 1.29 is 8.42 Å². The second-order valence-electron chi connectivity index (χ2n) is 5.12. The number of sulfonamides is 1. The summed E-state index contributed by atoms with van der Waals surface area (Å²) < 4.78 is 25.7. The molecule has 0 bridgehead atoms. The van der Waals surface area contributed by atoms with Crippen LogP contribution in [-0.2, 0) is 10.0 Å². The molecule has 0 aromatic rings. The van der Waals surface area contributed by atoms with Crippen LogP contribution in [-0.4, -0.2) is 26.6 Å². The van der Waals surface area contributed by atoms with Crippen LogP contribution in [0.5, 0.6) is 0 Å². The van der Waals surface area contributed by atoms with Crippen molar-refractivity contribution >= 4 is 15.9 Å². The van der Waals surface area contributed by atoms with Gasteiger partial charge in [-0.2, -0.15) is 0 Å². The normalized spacial score (nSPS) is 13.1. The molecule has 0 aliphatic carbocycles. The Kier molecular flexibility index (Phi) is 5.41. The Bertz CT molecular complexity index is 334. The fourth-order valence-electron chi connectivity index (χ4n) is 0.849. The number of rotatable bonds is 7. The lowest BCUT2D eigenvalue weighted by Crippen LogP contribution is -2.42. The van der Waals surface area contributed by atoms with Crippen LogP contribution in [0.2, 0.25) is 0 Å². The Hall–Kier alpha value is -0.620. The van der Waals surface area contributed by atoms with E-state index in [4.69, 9.17) is 11.1 Å². The van der Waals surface area contributed by atoms with Gasteiger partial charge in [0.2, 0.25) is 10.0 Å². The van der Waals surface area contributed by atoms with Crippen LogP contribution < -0.4 is 10.5 Å². The summed E-state index contributed by atoms with van der Waals surface area (Å²) in [6.45, 7) is 7.60. The van der Waals surface area contributed by atoms with Crippen molar-refractivity contribution in [3.05, 3.63) is 0 Å². The van der Waals surface area contributed by atoms with Crippen LogP contribution in [0.15, 0.2) is 0 Å². The van der Waals surface area contributed by atoms with Crippen LogP contribution in [0.1, 0.15) is 34.1 Å².